The number of fused-ring (bicyclic) bond motifs is 1. The van der Waals surface area contributed by atoms with Crippen molar-refractivity contribution < 1.29 is 14.6 Å². The van der Waals surface area contributed by atoms with Gasteiger partial charge in [-0.25, -0.2) is 4.79 Å². The number of benzene rings is 3. The molecule has 0 aromatic heterocycles. The van der Waals surface area contributed by atoms with E-state index in [1.807, 2.05) is 36.4 Å². The molecular weight excluding hydrogens is 412 g/mol. The standard InChI is InChI=1S/C28H32N2O3/c1-2-30-16-14-25(15-17-30)29-19-22(18-21-10-12-24(13-11-21)28(31)32)20-33-27-9-5-7-23-6-3-4-8-26(23)27/h3-13,18,25,29H,2,14-17,19-20H2,1H3,(H,31,32). The highest BCUT2D eigenvalue weighted by Gasteiger charge is 2.18. The van der Waals surface area contributed by atoms with Crippen molar-refractivity contribution in [3.63, 3.8) is 0 Å². The molecule has 5 heteroatoms. The van der Waals surface area contributed by atoms with E-state index in [4.69, 9.17) is 4.74 Å². The van der Waals surface area contributed by atoms with Crippen LogP contribution in [0.5, 0.6) is 5.75 Å². The van der Waals surface area contributed by atoms with E-state index in [9.17, 15) is 9.90 Å². The van der Waals surface area contributed by atoms with Crippen molar-refractivity contribution in [1.82, 2.24) is 10.2 Å². The second kappa shape index (κ2) is 11.1. The minimum absolute atomic E-state index is 0.293. The van der Waals surface area contributed by atoms with Gasteiger partial charge in [-0.1, -0.05) is 61.5 Å². The van der Waals surface area contributed by atoms with Gasteiger partial charge in [0.15, 0.2) is 0 Å². The van der Waals surface area contributed by atoms with E-state index in [0.29, 0.717) is 18.2 Å². The first kappa shape index (κ1) is 23.0. The molecule has 0 radical (unpaired) electrons. The largest absolute Gasteiger partial charge is 0.489 e. The fourth-order valence-corrected chi connectivity index (χ4v) is 4.32. The molecule has 0 bridgehead atoms. The van der Waals surface area contributed by atoms with Crippen LogP contribution in [-0.4, -0.2) is 54.8 Å². The zero-order chi connectivity index (χ0) is 23.0. The molecule has 2 N–H and O–H groups in total. The number of likely N-dealkylation sites (tertiary alicyclic amines) is 1. The van der Waals surface area contributed by atoms with Crippen LogP contribution < -0.4 is 10.1 Å². The SMILES string of the molecule is CCN1CCC(NCC(=Cc2ccc(C(=O)O)cc2)COc2cccc3ccccc23)CC1. The Balaban J connectivity index is 1.48. The summed E-state index contributed by atoms with van der Waals surface area (Å²) in [4.78, 5) is 13.7. The summed E-state index contributed by atoms with van der Waals surface area (Å²) in [5, 5.41) is 15.2. The first-order valence-electron chi connectivity index (χ1n) is 11.7. The van der Waals surface area contributed by atoms with Crippen LogP contribution in [0.4, 0.5) is 0 Å². The Labute approximate surface area is 195 Å². The Morgan fingerprint density at radius 2 is 1.79 bits per heavy atom. The highest BCUT2D eigenvalue weighted by Crippen LogP contribution is 2.25. The van der Waals surface area contributed by atoms with E-state index in [2.05, 4.69) is 41.4 Å². The van der Waals surface area contributed by atoms with Crippen molar-refractivity contribution in [3.8, 4) is 5.75 Å². The molecule has 1 saturated heterocycles. The predicted octanol–water partition coefficient (Wildman–Crippen LogP) is 5.07. The van der Waals surface area contributed by atoms with Gasteiger partial charge in [0.05, 0.1) is 5.56 Å². The molecule has 4 rings (SSSR count). The molecule has 0 atom stereocenters. The van der Waals surface area contributed by atoms with Crippen molar-refractivity contribution >= 4 is 22.8 Å². The number of ether oxygens (including phenoxy) is 1. The van der Waals surface area contributed by atoms with Crippen LogP contribution in [0.2, 0.25) is 0 Å². The van der Waals surface area contributed by atoms with E-state index < -0.39 is 5.97 Å². The summed E-state index contributed by atoms with van der Waals surface area (Å²) in [6.45, 7) is 6.81. The van der Waals surface area contributed by atoms with Crippen molar-refractivity contribution in [2.45, 2.75) is 25.8 Å². The minimum Gasteiger partial charge on any atom is -0.489 e. The van der Waals surface area contributed by atoms with Gasteiger partial charge in [-0.3, -0.25) is 0 Å². The maximum Gasteiger partial charge on any atom is 0.335 e. The normalized spacial score (nSPS) is 15.6. The molecule has 3 aromatic rings. The lowest BCUT2D eigenvalue weighted by atomic mass is 10.0. The third-order valence-corrected chi connectivity index (χ3v) is 6.34. The molecule has 0 unspecified atom stereocenters. The fraction of sp³-hybridized carbons (Fsp3) is 0.321. The second-order valence-corrected chi connectivity index (χ2v) is 8.59. The molecule has 1 aliphatic heterocycles. The second-order valence-electron chi connectivity index (χ2n) is 8.59. The molecule has 0 aliphatic carbocycles. The summed E-state index contributed by atoms with van der Waals surface area (Å²) < 4.78 is 6.28. The van der Waals surface area contributed by atoms with Crippen LogP contribution in [0.1, 0.15) is 35.7 Å². The van der Waals surface area contributed by atoms with Gasteiger partial charge in [-0.2, -0.15) is 0 Å². The number of hydrogen-bond donors (Lipinski definition) is 2. The number of rotatable bonds is 9. The van der Waals surface area contributed by atoms with E-state index >= 15 is 0 Å². The van der Waals surface area contributed by atoms with Crippen LogP contribution in [0, 0.1) is 0 Å². The van der Waals surface area contributed by atoms with Crippen LogP contribution in [-0.2, 0) is 0 Å². The summed E-state index contributed by atoms with van der Waals surface area (Å²) in [6.07, 6.45) is 4.40. The van der Waals surface area contributed by atoms with E-state index in [1.165, 1.54) is 0 Å². The van der Waals surface area contributed by atoms with Crippen LogP contribution in [0.25, 0.3) is 16.8 Å². The number of carboxylic acid groups (broad SMARTS) is 1. The Hall–Kier alpha value is -3.15. The molecule has 3 aromatic carbocycles. The van der Waals surface area contributed by atoms with Gasteiger partial charge in [0.2, 0.25) is 0 Å². The van der Waals surface area contributed by atoms with Crippen molar-refractivity contribution in [3.05, 3.63) is 83.4 Å². The number of hydrogen-bond acceptors (Lipinski definition) is 4. The number of carbonyl (C=O) groups is 1. The van der Waals surface area contributed by atoms with Gasteiger partial charge in [-0.05, 0) is 67.2 Å². The molecule has 1 heterocycles. The van der Waals surface area contributed by atoms with Crippen LogP contribution >= 0.6 is 0 Å². The molecule has 33 heavy (non-hydrogen) atoms. The van der Waals surface area contributed by atoms with Crippen LogP contribution in [0.15, 0.2) is 72.3 Å². The third kappa shape index (κ3) is 6.21. The number of nitrogens with zero attached hydrogens (tertiary/aromatic N) is 1. The Morgan fingerprint density at radius 1 is 1.06 bits per heavy atom. The zero-order valence-corrected chi connectivity index (χ0v) is 19.2. The lowest BCUT2D eigenvalue weighted by Gasteiger charge is -2.31. The van der Waals surface area contributed by atoms with E-state index in [-0.39, 0.29) is 0 Å². The number of piperidine rings is 1. The van der Waals surface area contributed by atoms with Gasteiger partial charge in [0, 0.05) is 18.0 Å². The lowest BCUT2D eigenvalue weighted by Crippen LogP contribution is -2.43. The highest BCUT2D eigenvalue weighted by atomic mass is 16.5. The average Bonchev–Trinajstić information content (AvgIpc) is 2.86. The molecular formula is C28H32N2O3. The van der Waals surface area contributed by atoms with Crippen molar-refractivity contribution in [2.24, 2.45) is 0 Å². The summed E-state index contributed by atoms with van der Waals surface area (Å²) in [7, 11) is 0. The topological polar surface area (TPSA) is 61.8 Å². The number of nitrogens with one attached hydrogen (secondary N) is 1. The van der Waals surface area contributed by atoms with Gasteiger partial charge in [0.1, 0.15) is 12.4 Å². The van der Waals surface area contributed by atoms with Gasteiger partial charge in [0.25, 0.3) is 0 Å². The van der Waals surface area contributed by atoms with E-state index in [0.717, 1.165) is 66.7 Å². The molecule has 0 saturated carbocycles. The van der Waals surface area contributed by atoms with Gasteiger partial charge >= 0.3 is 5.97 Å². The van der Waals surface area contributed by atoms with Gasteiger partial charge < -0.3 is 20.1 Å². The van der Waals surface area contributed by atoms with Crippen molar-refractivity contribution in [2.75, 3.05) is 32.8 Å². The minimum atomic E-state index is -0.912. The third-order valence-electron chi connectivity index (χ3n) is 6.34. The predicted molar refractivity (Wildman–Crippen MR) is 134 cm³/mol. The molecule has 172 valence electrons. The lowest BCUT2D eigenvalue weighted by molar-refractivity contribution is 0.0697. The zero-order valence-electron chi connectivity index (χ0n) is 19.2. The summed E-state index contributed by atoms with van der Waals surface area (Å²) >= 11 is 0. The summed E-state index contributed by atoms with van der Waals surface area (Å²) in [5.74, 6) is -0.0402. The average molecular weight is 445 g/mol. The quantitative estimate of drug-likeness (QED) is 0.482. The Kier molecular flexibility index (Phi) is 7.76. The summed E-state index contributed by atoms with van der Waals surface area (Å²) in [6, 6.07) is 21.8. The first-order valence-corrected chi connectivity index (χ1v) is 11.7. The smallest absolute Gasteiger partial charge is 0.335 e. The number of carboxylic acids is 1. The van der Waals surface area contributed by atoms with Crippen molar-refractivity contribution in [1.29, 1.82) is 0 Å². The maximum absolute atomic E-state index is 11.2. The van der Waals surface area contributed by atoms with Gasteiger partial charge in [-0.15, -0.1) is 0 Å². The molecule has 1 aliphatic rings. The van der Waals surface area contributed by atoms with Crippen LogP contribution in [0.3, 0.4) is 0 Å². The fourth-order valence-electron chi connectivity index (χ4n) is 4.32. The molecule has 1 fully saturated rings. The monoisotopic (exact) mass is 444 g/mol. The Morgan fingerprint density at radius 3 is 2.52 bits per heavy atom. The molecule has 0 amide bonds. The first-order chi connectivity index (χ1) is 16.1. The highest BCUT2D eigenvalue weighted by molar-refractivity contribution is 5.88. The van der Waals surface area contributed by atoms with E-state index in [1.54, 1.807) is 12.1 Å². The number of aromatic carboxylic acids is 1. The Bertz CT molecular complexity index is 1090. The molecule has 0 spiro atoms. The maximum atomic E-state index is 11.2. The summed E-state index contributed by atoms with van der Waals surface area (Å²) in [5.41, 5.74) is 2.39. The molecule has 5 nitrogen and oxygen atoms in total.